The Kier molecular flexibility index (Phi) is 5.58. The van der Waals surface area contributed by atoms with Crippen molar-refractivity contribution in [2.75, 3.05) is 11.9 Å². The highest BCUT2D eigenvalue weighted by molar-refractivity contribution is 7.80. The van der Waals surface area contributed by atoms with Gasteiger partial charge in [0.15, 0.2) is 5.11 Å². The van der Waals surface area contributed by atoms with Crippen LogP contribution in [0.5, 0.6) is 0 Å². The van der Waals surface area contributed by atoms with Crippen molar-refractivity contribution in [3.8, 4) is 0 Å². The zero-order valence-electron chi connectivity index (χ0n) is 14.1. The maximum atomic E-state index is 12.7. The van der Waals surface area contributed by atoms with E-state index >= 15 is 0 Å². The van der Waals surface area contributed by atoms with Gasteiger partial charge in [0.2, 0.25) is 5.91 Å². The summed E-state index contributed by atoms with van der Waals surface area (Å²) in [4.78, 5) is 28.4. The van der Waals surface area contributed by atoms with Gasteiger partial charge < -0.3 is 14.6 Å². The van der Waals surface area contributed by atoms with E-state index < -0.39 is 6.04 Å². The van der Waals surface area contributed by atoms with Crippen LogP contribution in [0.3, 0.4) is 0 Å². The molecule has 0 unspecified atom stereocenters. The van der Waals surface area contributed by atoms with Crippen LogP contribution in [-0.4, -0.2) is 39.3 Å². The van der Waals surface area contributed by atoms with Gasteiger partial charge >= 0.3 is 0 Å². The van der Waals surface area contributed by atoms with Crippen molar-refractivity contribution in [1.82, 2.24) is 9.80 Å². The van der Waals surface area contributed by atoms with Crippen molar-refractivity contribution in [2.45, 2.75) is 25.9 Å². The number of hydrogen-bond acceptors (Lipinski definition) is 4. The number of halogens is 1. The van der Waals surface area contributed by atoms with Crippen LogP contribution in [0, 0.1) is 0 Å². The van der Waals surface area contributed by atoms with Crippen LogP contribution in [0.2, 0.25) is 5.02 Å². The molecule has 8 heteroatoms. The molecule has 1 N–H and O–H groups in total. The number of rotatable bonds is 6. The predicted octanol–water partition coefficient (Wildman–Crippen LogP) is 3.28. The molecule has 0 radical (unpaired) electrons. The van der Waals surface area contributed by atoms with E-state index in [0.29, 0.717) is 34.7 Å². The molecule has 2 aromatic rings. The lowest BCUT2D eigenvalue weighted by Crippen LogP contribution is -2.37. The number of carbonyl (C=O) groups excluding carboxylic acids is 2. The molecule has 0 saturated carbocycles. The van der Waals surface area contributed by atoms with Gasteiger partial charge in [-0.1, -0.05) is 11.6 Å². The van der Waals surface area contributed by atoms with Gasteiger partial charge in [-0.15, -0.1) is 0 Å². The minimum absolute atomic E-state index is 0.00118. The van der Waals surface area contributed by atoms with E-state index in [1.165, 1.54) is 4.90 Å². The Hall–Kier alpha value is -2.38. The zero-order chi connectivity index (χ0) is 18.7. The molecule has 0 spiro atoms. The van der Waals surface area contributed by atoms with Crippen molar-refractivity contribution in [3.05, 3.63) is 53.4 Å². The van der Waals surface area contributed by atoms with Gasteiger partial charge in [-0.05, 0) is 55.5 Å². The van der Waals surface area contributed by atoms with Gasteiger partial charge in [-0.25, -0.2) is 0 Å². The summed E-state index contributed by atoms with van der Waals surface area (Å²) in [6.07, 6.45) is 1.56. The van der Waals surface area contributed by atoms with Crippen LogP contribution in [0.1, 0.15) is 19.1 Å². The standard InChI is InChI=1S/C18H18ClN3O3S/c1-2-21-17(24)15(22(18(21)26)11-14-4-3-9-25-14)10-16(23)20-13-7-5-12(19)6-8-13/h3-9,15H,2,10-11H2,1H3,(H,20,23)/t15-/m0/s1. The summed E-state index contributed by atoms with van der Waals surface area (Å²) in [5.41, 5.74) is 0.623. The second-order valence-electron chi connectivity index (χ2n) is 5.85. The fraction of sp³-hybridized carbons (Fsp3) is 0.278. The van der Waals surface area contributed by atoms with E-state index in [1.807, 2.05) is 13.0 Å². The van der Waals surface area contributed by atoms with Crippen LogP contribution in [0.15, 0.2) is 47.1 Å². The van der Waals surface area contributed by atoms with Crippen LogP contribution in [-0.2, 0) is 16.1 Å². The van der Waals surface area contributed by atoms with E-state index in [2.05, 4.69) is 5.32 Å². The molecule has 1 aliphatic rings. The van der Waals surface area contributed by atoms with Gasteiger partial charge in [-0.3, -0.25) is 14.5 Å². The molecule has 0 bridgehead atoms. The van der Waals surface area contributed by atoms with Crippen LogP contribution >= 0.6 is 23.8 Å². The molecule has 1 fully saturated rings. The largest absolute Gasteiger partial charge is 0.467 e. The van der Waals surface area contributed by atoms with Crippen molar-refractivity contribution in [3.63, 3.8) is 0 Å². The molecule has 1 atom stereocenters. The highest BCUT2D eigenvalue weighted by Gasteiger charge is 2.42. The molecule has 1 aliphatic heterocycles. The van der Waals surface area contributed by atoms with E-state index in [1.54, 1.807) is 41.5 Å². The Labute approximate surface area is 161 Å². The van der Waals surface area contributed by atoms with Crippen LogP contribution in [0.25, 0.3) is 0 Å². The van der Waals surface area contributed by atoms with Crippen molar-refractivity contribution in [1.29, 1.82) is 0 Å². The third-order valence-electron chi connectivity index (χ3n) is 4.13. The number of nitrogens with one attached hydrogen (secondary N) is 1. The van der Waals surface area contributed by atoms with Crippen molar-refractivity contribution in [2.24, 2.45) is 0 Å². The molecule has 2 amide bonds. The lowest BCUT2D eigenvalue weighted by atomic mass is 10.1. The minimum atomic E-state index is -0.653. The number of amides is 2. The second-order valence-corrected chi connectivity index (χ2v) is 6.65. The molecule has 1 aromatic heterocycles. The summed E-state index contributed by atoms with van der Waals surface area (Å²) in [5, 5.41) is 3.78. The summed E-state index contributed by atoms with van der Waals surface area (Å²) < 4.78 is 5.36. The highest BCUT2D eigenvalue weighted by Crippen LogP contribution is 2.24. The van der Waals surface area contributed by atoms with E-state index in [-0.39, 0.29) is 18.2 Å². The molecule has 1 aromatic carbocycles. The molecule has 0 aliphatic carbocycles. The first-order valence-corrected chi connectivity index (χ1v) is 8.98. The monoisotopic (exact) mass is 391 g/mol. The minimum Gasteiger partial charge on any atom is -0.467 e. The molecule has 3 rings (SSSR count). The molecular weight excluding hydrogens is 374 g/mol. The number of nitrogens with zero attached hydrogens (tertiary/aromatic N) is 2. The lowest BCUT2D eigenvalue weighted by molar-refractivity contribution is -0.130. The number of carbonyl (C=O) groups is 2. The zero-order valence-corrected chi connectivity index (χ0v) is 15.7. The fourth-order valence-corrected chi connectivity index (χ4v) is 3.39. The second kappa shape index (κ2) is 7.88. The number of anilines is 1. The number of furan rings is 1. The maximum Gasteiger partial charge on any atom is 0.252 e. The number of benzene rings is 1. The Morgan fingerprint density at radius 1 is 1.31 bits per heavy atom. The van der Waals surface area contributed by atoms with Gasteiger partial charge in [0.05, 0.1) is 19.2 Å². The molecule has 2 heterocycles. The smallest absolute Gasteiger partial charge is 0.252 e. The summed E-state index contributed by atoms with van der Waals surface area (Å²) in [7, 11) is 0. The third-order valence-corrected chi connectivity index (χ3v) is 4.84. The Bertz CT molecular complexity index is 808. The number of hydrogen-bond donors (Lipinski definition) is 1. The average molecular weight is 392 g/mol. The predicted molar refractivity (Wildman–Crippen MR) is 103 cm³/mol. The molecule has 26 heavy (non-hydrogen) atoms. The first kappa shape index (κ1) is 18.4. The Morgan fingerprint density at radius 2 is 2.04 bits per heavy atom. The van der Waals surface area contributed by atoms with Gasteiger partial charge in [0.1, 0.15) is 11.8 Å². The molecule has 136 valence electrons. The normalized spacial score (nSPS) is 17.1. The van der Waals surface area contributed by atoms with Gasteiger partial charge in [0.25, 0.3) is 5.91 Å². The first-order valence-electron chi connectivity index (χ1n) is 8.19. The SMILES string of the molecule is CCN1C(=O)[C@H](CC(=O)Nc2ccc(Cl)cc2)N(Cc2ccco2)C1=S. The Balaban J connectivity index is 1.73. The van der Waals surface area contributed by atoms with E-state index in [4.69, 9.17) is 28.2 Å². The molecule has 6 nitrogen and oxygen atoms in total. The topological polar surface area (TPSA) is 65.8 Å². The highest BCUT2D eigenvalue weighted by atomic mass is 35.5. The van der Waals surface area contributed by atoms with Gasteiger partial charge in [-0.2, -0.15) is 0 Å². The quantitative estimate of drug-likeness (QED) is 0.765. The third kappa shape index (κ3) is 3.89. The van der Waals surface area contributed by atoms with Crippen LogP contribution in [0.4, 0.5) is 5.69 Å². The molecule has 1 saturated heterocycles. The van der Waals surface area contributed by atoms with E-state index in [9.17, 15) is 9.59 Å². The Morgan fingerprint density at radius 3 is 2.65 bits per heavy atom. The first-order chi connectivity index (χ1) is 12.5. The summed E-state index contributed by atoms with van der Waals surface area (Å²) in [6, 6.07) is 9.73. The summed E-state index contributed by atoms with van der Waals surface area (Å²) >= 11 is 11.3. The van der Waals surface area contributed by atoms with Crippen molar-refractivity contribution < 1.29 is 14.0 Å². The maximum absolute atomic E-state index is 12.7. The average Bonchev–Trinajstić information content (AvgIpc) is 3.20. The van der Waals surface area contributed by atoms with Crippen molar-refractivity contribution >= 4 is 46.4 Å². The summed E-state index contributed by atoms with van der Waals surface area (Å²) in [6.45, 7) is 2.65. The number of thiocarbonyl (C=S) groups is 1. The van der Waals surface area contributed by atoms with E-state index in [0.717, 1.165) is 0 Å². The number of likely N-dealkylation sites (N-methyl/N-ethyl adjacent to an activating group) is 1. The van der Waals surface area contributed by atoms with Gasteiger partial charge in [0, 0.05) is 17.3 Å². The fourth-order valence-electron chi connectivity index (χ4n) is 2.85. The lowest BCUT2D eigenvalue weighted by Gasteiger charge is -2.22. The molecular formula is C18H18ClN3O3S. The summed E-state index contributed by atoms with van der Waals surface area (Å²) in [5.74, 6) is 0.243. The van der Waals surface area contributed by atoms with Crippen LogP contribution < -0.4 is 5.32 Å².